The molecule has 0 aliphatic heterocycles. The van der Waals surface area contributed by atoms with Crippen molar-refractivity contribution in [1.82, 2.24) is 9.78 Å². The second kappa shape index (κ2) is 3.51. The van der Waals surface area contributed by atoms with Crippen molar-refractivity contribution in [3.8, 4) is 0 Å². The second-order valence-corrected chi connectivity index (χ2v) is 3.12. The van der Waals surface area contributed by atoms with E-state index in [1.165, 1.54) is 0 Å². The Morgan fingerprint density at radius 2 is 2.31 bits per heavy atom. The molecule has 4 nitrogen and oxygen atoms in total. The topological polar surface area (TPSA) is 47.1 Å². The van der Waals surface area contributed by atoms with Gasteiger partial charge in [-0.2, -0.15) is 5.10 Å². The fraction of sp³-hybridized carbons (Fsp3) is 0.444. The predicted octanol–water partition coefficient (Wildman–Crippen LogP) is 0.933. The Balaban J connectivity index is 3.05. The molecule has 2 N–H and O–H groups in total. The first kappa shape index (κ1) is 9.64. The van der Waals surface area contributed by atoms with E-state index in [-0.39, 0.29) is 0 Å². The van der Waals surface area contributed by atoms with E-state index in [1.807, 2.05) is 32.0 Å². The standard InChI is InChI=1S/C9H16N4/c1-5-6-12(3)9-8(10)7(2)11-13(9)4/h5H,1,6,10H2,2-4H3. The molecule has 0 saturated heterocycles. The normalized spacial score (nSPS) is 10.1. The summed E-state index contributed by atoms with van der Waals surface area (Å²) in [6.45, 7) is 6.35. The SMILES string of the molecule is C=CCN(C)c1c(N)c(C)nn1C. The molecule has 0 fully saturated rings. The van der Waals surface area contributed by atoms with Crippen LogP contribution in [0.3, 0.4) is 0 Å². The summed E-state index contributed by atoms with van der Waals surface area (Å²) in [5.41, 5.74) is 7.49. The maximum Gasteiger partial charge on any atom is 0.150 e. The Morgan fingerprint density at radius 3 is 2.69 bits per heavy atom. The van der Waals surface area contributed by atoms with E-state index in [0.29, 0.717) is 0 Å². The number of nitrogen functional groups attached to an aromatic ring is 1. The van der Waals surface area contributed by atoms with Crippen LogP contribution in [-0.4, -0.2) is 23.4 Å². The van der Waals surface area contributed by atoms with Gasteiger partial charge in [-0.05, 0) is 6.92 Å². The van der Waals surface area contributed by atoms with Crippen molar-refractivity contribution >= 4 is 11.5 Å². The van der Waals surface area contributed by atoms with Gasteiger partial charge >= 0.3 is 0 Å². The van der Waals surface area contributed by atoms with Crippen molar-refractivity contribution in [2.75, 3.05) is 24.2 Å². The van der Waals surface area contributed by atoms with Crippen LogP contribution >= 0.6 is 0 Å². The van der Waals surface area contributed by atoms with Crippen molar-refractivity contribution in [3.63, 3.8) is 0 Å². The summed E-state index contributed by atoms with van der Waals surface area (Å²) < 4.78 is 1.79. The number of aryl methyl sites for hydroxylation is 2. The second-order valence-electron chi connectivity index (χ2n) is 3.12. The van der Waals surface area contributed by atoms with Crippen LogP contribution in [0.5, 0.6) is 0 Å². The molecule has 0 spiro atoms. The first-order chi connectivity index (χ1) is 6.07. The van der Waals surface area contributed by atoms with Crippen LogP contribution in [0.2, 0.25) is 0 Å². The first-order valence-electron chi connectivity index (χ1n) is 4.19. The molecule has 0 radical (unpaired) electrons. The Bertz CT molecular complexity index is 314. The Kier molecular flexibility index (Phi) is 2.60. The Labute approximate surface area is 78.6 Å². The Morgan fingerprint density at radius 1 is 1.69 bits per heavy atom. The van der Waals surface area contributed by atoms with E-state index in [9.17, 15) is 0 Å². The molecule has 72 valence electrons. The highest BCUT2D eigenvalue weighted by atomic mass is 15.4. The number of hydrogen-bond donors (Lipinski definition) is 1. The number of hydrogen-bond acceptors (Lipinski definition) is 3. The number of nitrogens with two attached hydrogens (primary N) is 1. The fourth-order valence-corrected chi connectivity index (χ4v) is 1.40. The van der Waals surface area contributed by atoms with Crippen LogP contribution in [0, 0.1) is 6.92 Å². The molecule has 1 aromatic heterocycles. The molecule has 0 aromatic carbocycles. The molecule has 13 heavy (non-hydrogen) atoms. The van der Waals surface area contributed by atoms with E-state index >= 15 is 0 Å². The summed E-state index contributed by atoms with van der Waals surface area (Å²) in [5.74, 6) is 0.942. The lowest BCUT2D eigenvalue weighted by Crippen LogP contribution is -2.20. The average Bonchev–Trinajstić information content (AvgIpc) is 2.27. The lowest BCUT2D eigenvalue weighted by molar-refractivity contribution is 0.739. The molecule has 0 aliphatic rings. The number of nitrogens with zero attached hydrogens (tertiary/aromatic N) is 3. The van der Waals surface area contributed by atoms with Gasteiger partial charge in [0.15, 0.2) is 0 Å². The number of rotatable bonds is 3. The number of aromatic nitrogens is 2. The van der Waals surface area contributed by atoms with Crippen LogP contribution in [0.15, 0.2) is 12.7 Å². The fourth-order valence-electron chi connectivity index (χ4n) is 1.40. The van der Waals surface area contributed by atoms with Gasteiger partial charge in [-0.15, -0.1) is 6.58 Å². The molecule has 0 aliphatic carbocycles. The van der Waals surface area contributed by atoms with Gasteiger partial charge in [0.25, 0.3) is 0 Å². The molecule has 1 heterocycles. The van der Waals surface area contributed by atoms with Gasteiger partial charge < -0.3 is 10.6 Å². The highest BCUT2D eigenvalue weighted by molar-refractivity contribution is 5.65. The lowest BCUT2D eigenvalue weighted by atomic mass is 10.3. The van der Waals surface area contributed by atoms with Crippen molar-refractivity contribution in [2.45, 2.75) is 6.92 Å². The predicted molar refractivity (Wildman–Crippen MR) is 55.8 cm³/mol. The molecule has 0 saturated carbocycles. The quantitative estimate of drug-likeness (QED) is 0.704. The highest BCUT2D eigenvalue weighted by Gasteiger charge is 2.12. The van der Waals surface area contributed by atoms with Crippen molar-refractivity contribution in [1.29, 1.82) is 0 Å². The summed E-state index contributed by atoms with van der Waals surface area (Å²) >= 11 is 0. The van der Waals surface area contributed by atoms with Crippen molar-refractivity contribution < 1.29 is 0 Å². The maximum atomic E-state index is 5.88. The summed E-state index contributed by atoms with van der Waals surface area (Å²) in [6, 6.07) is 0. The number of anilines is 2. The monoisotopic (exact) mass is 180 g/mol. The third-order valence-corrected chi connectivity index (χ3v) is 2.00. The molecule has 0 atom stereocenters. The van der Waals surface area contributed by atoms with Crippen molar-refractivity contribution in [3.05, 3.63) is 18.3 Å². The van der Waals surface area contributed by atoms with Crippen LogP contribution < -0.4 is 10.6 Å². The summed E-state index contributed by atoms with van der Waals surface area (Å²) in [5, 5.41) is 4.23. The zero-order chi connectivity index (χ0) is 10.0. The van der Waals surface area contributed by atoms with Crippen molar-refractivity contribution in [2.24, 2.45) is 7.05 Å². The zero-order valence-electron chi connectivity index (χ0n) is 8.41. The van der Waals surface area contributed by atoms with E-state index in [2.05, 4.69) is 11.7 Å². The van der Waals surface area contributed by atoms with E-state index in [0.717, 1.165) is 23.7 Å². The molecular formula is C9H16N4. The number of likely N-dealkylation sites (N-methyl/N-ethyl adjacent to an activating group) is 1. The molecule has 0 amide bonds. The largest absolute Gasteiger partial charge is 0.394 e. The van der Waals surface area contributed by atoms with Crippen LogP contribution in [0.1, 0.15) is 5.69 Å². The van der Waals surface area contributed by atoms with Crippen LogP contribution in [0.4, 0.5) is 11.5 Å². The average molecular weight is 180 g/mol. The van der Waals surface area contributed by atoms with Gasteiger partial charge in [0.1, 0.15) is 5.82 Å². The molecule has 1 aromatic rings. The minimum atomic E-state index is 0.742. The van der Waals surface area contributed by atoms with Gasteiger partial charge in [0.05, 0.1) is 11.4 Å². The minimum absolute atomic E-state index is 0.742. The van der Waals surface area contributed by atoms with E-state index in [1.54, 1.807) is 4.68 Å². The molecule has 0 unspecified atom stereocenters. The molecule has 4 heteroatoms. The van der Waals surface area contributed by atoms with Crippen LogP contribution in [-0.2, 0) is 7.05 Å². The van der Waals surface area contributed by atoms with Gasteiger partial charge in [-0.3, -0.25) is 4.68 Å². The minimum Gasteiger partial charge on any atom is -0.394 e. The third-order valence-electron chi connectivity index (χ3n) is 2.00. The zero-order valence-corrected chi connectivity index (χ0v) is 8.41. The Hall–Kier alpha value is -1.45. The molecular weight excluding hydrogens is 164 g/mol. The van der Waals surface area contributed by atoms with Gasteiger partial charge in [0, 0.05) is 20.6 Å². The smallest absolute Gasteiger partial charge is 0.150 e. The first-order valence-corrected chi connectivity index (χ1v) is 4.19. The lowest BCUT2D eigenvalue weighted by Gasteiger charge is -2.17. The molecule has 1 rings (SSSR count). The molecule has 0 bridgehead atoms. The summed E-state index contributed by atoms with van der Waals surface area (Å²) in [7, 11) is 3.85. The van der Waals surface area contributed by atoms with E-state index < -0.39 is 0 Å². The highest BCUT2D eigenvalue weighted by Crippen LogP contribution is 2.23. The van der Waals surface area contributed by atoms with Crippen LogP contribution in [0.25, 0.3) is 0 Å². The summed E-state index contributed by atoms with van der Waals surface area (Å²) in [6.07, 6.45) is 1.84. The van der Waals surface area contributed by atoms with Gasteiger partial charge in [-0.25, -0.2) is 0 Å². The summed E-state index contributed by atoms with van der Waals surface area (Å²) in [4.78, 5) is 2.02. The third kappa shape index (κ3) is 1.66. The maximum absolute atomic E-state index is 5.88. The van der Waals surface area contributed by atoms with Gasteiger partial charge in [0.2, 0.25) is 0 Å². The van der Waals surface area contributed by atoms with E-state index in [4.69, 9.17) is 5.73 Å². The van der Waals surface area contributed by atoms with Gasteiger partial charge in [-0.1, -0.05) is 6.08 Å².